The third kappa shape index (κ3) is 2.03. The summed E-state index contributed by atoms with van der Waals surface area (Å²) in [6, 6.07) is 10.9. The summed E-state index contributed by atoms with van der Waals surface area (Å²) in [6.45, 7) is 3.12. The minimum atomic E-state index is 0.148. The molecular weight excluding hydrogens is 198 g/mol. The second-order valence-electron chi connectivity index (χ2n) is 4.78. The molecule has 2 rings (SSSR count). The Morgan fingerprint density at radius 3 is 2.69 bits per heavy atom. The molecular formula is C14H19NO. The average molecular weight is 217 g/mol. The second kappa shape index (κ2) is 4.79. The molecule has 0 aliphatic carbocycles. The van der Waals surface area contributed by atoms with Crippen molar-refractivity contribution in [1.29, 1.82) is 0 Å². The molecule has 0 bridgehead atoms. The number of carbonyl (C=O) groups is 1. The molecule has 0 radical (unpaired) electrons. The molecule has 0 amide bonds. The standard InChI is InChI=1S/C14H19NO/c1-11(10-16)13-8-9-15(2)14(13)12-6-4-3-5-7-12/h3-7,10-11,13-14H,8-9H2,1-2H3. The molecule has 16 heavy (non-hydrogen) atoms. The third-order valence-electron chi connectivity index (χ3n) is 3.73. The van der Waals surface area contributed by atoms with E-state index in [-0.39, 0.29) is 5.92 Å². The molecule has 1 aliphatic heterocycles. The van der Waals surface area contributed by atoms with Crippen LogP contribution in [0.5, 0.6) is 0 Å². The van der Waals surface area contributed by atoms with E-state index in [2.05, 4.69) is 36.2 Å². The maximum Gasteiger partial charge on any atom is 0.123 e. The number of benzene rings is 1. The maximum atomic E-state index is 11.0. The Morgan fingerprint density at radius 1 is 1.38 bits per heavy atom. The number of aldehydes is 1. The van der Waals surface area contributed by atoms with Gasteiger partial charge >= 0.3 is 0 Å². The summed E-state index contributed by atoms with van der Waals surface area (Å²) in [7, 11) is 2.15. The molecule has 1 aromatic carbocycles. The first kappa shape index (κ1) is 11.3. The van der Waals surface area contributed by atoms with E-state index in [1.54, 1.807) is 0 Å². The molecule has 3 atom stereocenters. The van der Waals surface area contributed by atoms with Crippen molar-refractivity contribution in [2.24, 2.45) is 11.8 Å². The van der Waals surface area contributed by atoms with Gasteiger partial charge in [0, 0.05) is 12.0 Å². The van der Waals surface area contributed by atoms with Crippen molar-refractivity contribution >= 4 is 6.29 Å². The first-order chi connectivity index (χ1) is 7.74. The Labute approximate surface area is 97.3 Å². The van der Waals surface area contributed by atoms with Gasteiger partial charge in [-0.2, -0.15) is 0 Å². The zero-order chi connectivity index (χ0) is 11.5. The zero-order valence-electron chi connectivity index (χ0n) is 9.97. The highest BCUT2D eigenvalue weighted by Crippen LogP contribution is 2.39. The van der Waals surface area contributed by atoms with Gasteiger partial charge in [0.1, 0.15) is 6.29 Å². The summed E-state index contributed by atoms with van der Waals surface area (Å²) >= 11 is 0. The van der Waals surface area contributed by atoms with Crippen molar-refractivity contribution in [2.45, 2.75) is 19.4 Å². The smallest absolute Gasteiger partial charge is 0.123 e. The normalized spacial score (nSPS) is 27.9. The summed E-state index contributed by atoms with van der Waals surface area (Å²) in [5.74, 6) is 0.611. The van der Waals surface area contributed by atoms with Gasteiger partial charge in [-0.15, -0.1) is 0 Å². The van der Waals surface area contributed by atoms with Crippen LogP contribution in [0.4, 0.5) is 0 Å². The van der Waals surface area contributed by atoms with Gasteiger partial charge in [0.15, 0.2) is 0 Å². The molecule has 1 saturated heterocycles. The van der Waals surface area contributed by atoms with Gasteiger partial charge in [-0.05, 0) is 31.5 Å². The topological polar surface area (TPSA) is 20.3 Å². The molecule has 3 unspecified atom stereocenters. The Bertz CT molecular complexity index is 349. The van der Waals surface area contributed by atoms with Crippen LogP contribution in [-0.2, 0) is 4.79 Å². The molecule has 0 spiro atoms. The molecule has 0 aromatic heterocycles. The SMILES string of the molecule is CC(C=O)C1CCN(C)C1c1ccccc1. The largest absolute Gasteiger partial charge is 0.303 e. The number of hydrogen-bond donors (Lipinski definition) is 0. The molecule has 1 heterocycles. The summed E-state index contributed by atoms with van der Waals surface area (Å²) in [6.07, 6.45) is 2.22. The van der Waals surface area contributed by atoms with Gasteiger partial charge < -0.3 is 4.79 Å². The van der Waals surface area contributed by atoms with Crippen molar-refractivity contribution in [3.05, 3.63) is 35.9 Å². The Balaban J connectivity index is 2.26. The highest BCUT2D eigenvalue weighted by atomic mass is 16.1. The van der Waals surface area contributed by atoms with Crippen LogP contribution < -0.4 is 0 Å². The fourth-order valence-electron chi connectivity index (χ4n) is 2.78. The molecule has 1 fully saturated rings. The lowest BCUT2D eigenvalue weighted by molar-refractivity contribution is -0.112. The Hall–Kier alpha value is -1.15. The van der Waals surface area contributed by atoms with E-state index in [1.165, 1.54) is 5.56 Å². The number of likely N-dealkylation sites (tertiary alicyclic amines) is 1. The fourth-order valence-corrected chi connectivity index (χ4v) is 2.78. The summed E-state index contributed by atoms with van der Waals surface area (Å²) in [4.78, 5) is 13.3. The van der Waals surface area contributed by atoms with E-state index in [0.29, 0.717) is 12.0 Å². The van der Waals surface area contributed by atoms with Gasteiger partial charge in [-0.25, -0.2) is 0 Å². The lowest BCUT2D eigenvalue weighted by Crippen LogP contribution is -2.24. The highest BCUT2D eigenvalue weighted by molar-refractivity contribution is 5.54. The van der Waals surface area contributed by atoms with Crippen molar-refractivity contribution in [2.75, 3.05) is 13.6 Å². The third-order valence-corrected chi connectivity index (χ3v) is 3.73. The summed E-state index contributed by atoms with van der Waals surface area (Å²) < 4.78 is 0. The second-order valence-corrected chi connectivity index (χ2v) is 4.78. The van der Waals surface area contributed by atoms with Crippen molar-refractivity contribution in [3.8, 4) is 0 Å². The molecule has 0 N–H and O–H groups in total. The van der Waals surface area contributed by atoms with E-state index in [9.17, 15) is 4.79 Å². The van der Waals surface area contributed by atoms with Crippen LogP contribution >= 0.6 is 0 Å². The monoisotopic (exact) mass is 217 g/mol. The van der Waals surface area contributed by atoms with Crippen LogP contribution in [0.1, 0.15) is 24.9 Å². The van der Waals surface area contributed by atoms with Crippen LogP contribution in [0.3, 0.4) is 0 Å². The first-order valence-corrected chi connectivity index (χ1v) is 5.94. The molecule has 0 saturated carbocycles. The van der Waals surface area contributed by atoms with E-state index in [0.717, 1.165) is 19.3 Å². The lowest BCUT2D eigenvalue weighted by atomic mass is 9.85. The highest BCUT2D eigenvalue weighted by Gasteiger charge is 2.35. The lowest BCUT2D eigenvalue weighted by Gasteiger charge is -2.27. The van der Waals surface area contributed by atoms with E-state index >= 15 is 0 Å². The minimum absolute atomic E-state index is 0.148. The summed E-state index contributed by atoms with van der Waals surface area (Å²) in [5.41, 5.74) is 1.33. The van der Waals surface area contributed by atoms with Crippen LogP contribution in [0.25, 0.3) is 0 Å². The van der Waals surface area contributed by atoms with E-state index < -0.39 is 0 Å². The minimum Gasteiger partial charge on any atom is -0.303 e. The number of carbonyl (C=O) groups excluding carboxylic acids is 1. The van der Waals surface area contributed by atoms with Crippen molar-refractivity contribution < 1.29 is 4.79 Å². The van der Waals surface area contributed by atoms with Crippen LogP contribution in [-0.4, -0.2) is 24.8 Å². The van der Waals surface area contributed by atoms with Crippen molar-refractivity contribution in [3.63, 3.8) is 0 Å². The van der Waals surface area contributed by atoms with Gasteiger partial charge in [0.05, 0.1) is 0 Å². The quantitative estimate of drug-likeness (QED) is 0.725. The number of hydrogen-bond acceptors (Lipinski definition) is 2. The van der Waals surface area contributed by atoms with Crippen LogP contribution in [0.2, 0.25) is 0 Å². The molecule has 2 nitrogen and oxygen atoms in total. The van der Waals surface area contributed by atoms with Crippen molar-refractivity contribution in [1.82, 2.24) is 4.90 Å². The van der Waals surface area contributed by atoms with Crippen LogP contribution in [0, 0.1) is 11.8 Å². The number of nitrogens with zero attached hydrogens (tertiary/aromatic N) is 1. The van der Waals surface area contributed by atoms with E-state index in [1.807, 2.05) is 13.0 Å². The van der Waals surface area contributed by atoms with Gasteiger partial charge in [-0.3, -0.25) is 4.90 Å². The molecule has 1 aliphatic rings. The molecule has 86 valence electrons. The van der Waals surface area contributed by atoms with Gasteiger partial charge in [0.2, 0.25) is 0 Å². The van der Waals surface area contributed by atoms with Gasteiger partial charge in [-0.1, -0.05) is 37.3 Å². The predicted octanol–water partition coefficient (Wildman–Crippen LogP) is 2.51. The van der Waals surface area contributed by atoms with Gasteiger partial charge in [0.25, 0.3) is 0 Å². The summed E-state index contributed by atoms with van der Waals surface area (Å²) in [5, 5.41) is 0. The molecule has 1 aromatic rings. The zero-order valence-corrected chi connectivity index (χ0v) is 9.97. The Morgan fingerprint density at radius 2 is 2.06 bits per heavy atom. The predicted molar refractivity (Wildman–Crippen MR) is 65.1 cm³/mol. The maximum absolute atomic E-state index is 11.0. The number of rotatable bonds is 3. The van der Waals surface area contributed by atoms with E-state index in [4.69, 9.17) is 0 Å². The fraction of sp³-hybridized carbons (Fsp3) is 0.500. The van der Waals surface area contributed by atoms with Crippen LogP contribution in [0.15, 0.2) is 30.3 Å². The Kier molecular flexibility index (Phi) is 3.39. The molecule has 2 heteroatoms. The average Bonchev–Trinajstić information content (AvgIpc) is 2.71. The first-order valence-electron chi connectivity index (χ1n) is 5.94.